The fraction of sp³-hybridized carbons (Fsp3) is 0.344. The van der Waals surface area contributed by atoms with E-state index in [1.165, 1.54) is 18.2 Å². The zero-order valence-corrected chi connectivity index (χ0v) is 25.2. The molecule has 2 amide bonds. The third kappa shape index (κ3) is 7.41. The summed E-state index contributed by atoms with van der Waals surface area (Å²) < 4.78 is 51.9. The van der Waals surface area contributed by atoms with Crippen LogP contribution in [0, 0.1) is 12.7 Å². The van der Waals surface area contributed by atoms with Gasteiger partial charge in [0.15, 0.2) is 5.78 Å². The number of aryl methyl sites for hydroxylation is 1. The molecule has 44 heavy (non-hydrogen) atoms. The second-order valence-corrected chi connectivity index (χ2v) is 13.0. The summed E-state index contributed by atoms with van der Waals surface area (Å²) in [6, 6.07) is 15.4. The Morgan fingerprint density at radius 2 is 1.70 bits per heavy atom. The van der Waals surface area contributed by atoms with Crippen molar-refractivity contribution in [2.45, 2.75) is 68.5 Å². The van der Waals surface area contributed by atoms with Crippen LogP contribution >= 0.6 is 11.8 Å². The Morgan fingerprint density at radius 1 is 1.00 bits per heavy atom. The van der Waals surface area contributed by atoms with Crippen LogP contribution in [0.4, 0.5) is 17.6 Å². The number of aromatic hydroxyl groups is 1. The number of rotatable bonds is 10. The van der Waals surface area contributed by atoms with Crippen LogP contribution in [0.25, 0.3) is 0 Å². The summed E-state index contributed by atoms with van der Waals surface area (Å²) in [5.74, 6) is -3.14. The van der Waals surface area contributed by atoms with Gasteiger partial charge in [0.1, 0.15) is 17.6 Å². The average molecular weight is 632 g/mol. The number of carbonyl (C=O) groups is 3. The molecule has 0 aliphatic carbocycles. The Labute approximate surface area is 256 Å². The first-order valence-corrected chi connectivity index (χ1v) is 14.7. The summed E-state index contributed by atoms with van der Waals surface area (Å²) in [5, 5.41) is 18.6. The Balaban J connectivity index is 1.54. The highest BCUT2D eigenvalue weighted by Gasteiger charge is 2.57. The number of nitrogens with one attached hydrogen (secondary N) is 3. The Kier molecular flexibility index (Phi) is 9.74. The molecule has 1 saturated heterocycles. The molecule has 4 rings (SSSR count). The van der Waals surface area contributed by atoms with E-state index >= 15 is 0 Å². The van der Waals surface area contributed by atoms with Crippen LogP contribution in [0.5, 0.6) is 5.75 Å². The Hall–Kier alpha value is -3.90. The van der Waals surface area contributed by atoms with Crippen LogP contribution in [0.15, 0.2) is 66.7 Å². The van der Waals surface area contributed by atoms with Crippen molar-refractivity contribution in [1.29, 1.82) is 0 Å². The average Bonchev–Trinajstić information content (AvgIpc) is 3.23. The van der Waals surface area contributed by atoms with Gasteiger partial charge in [-0.05, 0) is 69.0 Å². The number of hydrogen-bond acceptors (Lipinski definition) is 6. The van der Waals surface area contributed by atoms with Gasteiger partial charge in [-0.15, -0.1) is 11.8 Å². The molecule has 1 heterocycles. The number of alkyl halides is 3. The summed E-state index contributed by atoms with van der Waals surface area (Å²) in [5.41, 5.74) is 0.216. The van der Waals surface area contributed by atoms with E-state index in [2.05, 4.69) is 16.0 Å². The second kappa shape index (κ2) is 13.0. The van der Waals surface area contributed by atoms with Crippen molar-refractivity contribution in [3.63, 3.8) is 0 Å². The largest absolute Gasteiger partial charge is 0.508 e. The maximum atomic E-state index is 14.1. The molecule has 1 aliphatic heterocycles. The molecular weight excluding hydrogens is 598 g/mol. The molecule has 2 atom stereocenters. The lowest BCUT2D eigenvalue weighted by atomic mass is 10.0. The number of phenolic OH excluding ortho intramolecular Hbond substituents is 1. The standard InChI is InChI=1S/C32H33F4N3O4S/c1-19-22(12-8-13-25(19)40)28(42)39-32(26(41)14-7-11-20-9-5-4-6-10-20)38-27(30(2,3)44-32)29(43)37-18-21-15-16-23(24(33)17-21)31(34,35)36/h4-6,8-10,12-13,15-17,27,38,40H,7,11,14,18H2,1-3H3,(H,37,43)(H,39,42). The van der Waals surface area contributed by atoms with Crippen molar-refractivity contribution in [2.75, 3.05) is 0 Å². The highest BCUT2D eigenvalue weighted by Crippen LogP contribution is 2.45. The molecule has 0 saturated carbocycles. The predicted molar refractivity (Wildman–Crippen MR) is 159 cm³/mol. The lowest BCUT2D eigenvalue weighted by molar-refractivity contribution is -0.140. The normalized spacial score (nSPS) is 19.4. The van der Waals surface area contributed by atoms with Crippen LogP contribution in [0.1, 0.15) is 59.3 Å². The van der Waals surface area contributed by atoms with Gasteiger partial charge in [0, 0.05) is 28.8 Å². The summed E-state index contributed by atoms with van der Waals surface area (Å²) in [7, 11) is 0. The molecule has 234 valence electrons. The maximum absolute atomic E-state index is 14.1. The number of phenols is 1. The molecule has 7 nitrogen and oxygen atoms in total. The minimum absolute atomic E-state index is 0.0729. The summed E-state index contributed by atoms with van der Waals surface area (Å²) in [4.78, 5) is 39.0. The first-order chi connectivity index (χ1) is 20.6. The quantitative estimate of drug-likeness (QED) is 0.216. The fourth-order valence-electron chi connectivity index (χ4n) is 5.07. The molecule has 0 aromatic heterocycles. The minimum atomic E-state index is -4.85. The van der Waals surface area contributed by atoms with Gasteiger partial charge in [-0.3, -0.25) is 19.7 Å². The minimum Gasteiger partial charge on any atom is -0.508 e. The summed E-state index contributed by atoms with van der Waals surface area (Å²) >= 11 is 1.07. The molecule has 0 spiro atoms. The van der Waals surface area contributed by atoms with E-state index < -0.39 is 45.2 Å². The topological polar surface area (TPSA) is 108 Å². The molecular formula is C32H33F4N3O4S. The number of amides is 2. The van der Waals surface area contributed by atoms with E-state index in [4.69, 9.17) is 0 Å². The number of hydrogen-bond donors (Lipinski definition) is 4. The lowest BCUT2D eigenvalue weighted by Gasteiger charge is -2.30. The van der Waals surface area contributed by atoms with Crippen molar-refractivity contribution >= 4 is 29.4 Å². The van der Waals surface area contributed by atoms with Gasteiger partial charge in [0.25, 0.3) is 5.91 Å². The number of ketones is 1. The molecule has 12 heteroatoms. The number of thioether (sulfide) groups is 1. The highest BCUT2D eigenvalue weighted by atomic mass is 32.2. The zero-order valence-electron chi connectivity index (χ0n) is 24.3. The molecule has 0 radical (unpaired) electrons. The van der Waals surface area contributed by atoms with Gasteiger partial charge in [-0.25, -0.2) is 4.39 Å². The molecule has 1 fully saturated rings. The SMILES string of the molecule is Cc1c(O)cccc1C(=O)NC1(C(=O)CCCc2ccccc2)NC(C(=O)NCc2ccc(C(F)(F)F)c(F)c2)C(C)(C)S1. The van der Waals surface area contributed by atoms with Gasteiger partial charge in [-0.1, -0.05) is 42.5 Å². The van der Waals surface area contributed by atoms with E-state index in [1.807, 2.05) is 30.3 Å². The maximum Gasteiger partial charge on any atom is 0.419 e. The smallest absolute Gasteiger partial charge is 0.419 e. The van der Waals surface area contributed by atoms with E-state index in [-0.39, 0.29) is 35.6 Å². The monoisotopic (exact) mass is 631 g/mol. The van der Waals surface area contributed by atoms with Crippen LogP contribution in [-0.2, 0) is 28.7 Å². The third-order valence-electron chi connectivity index (χ3n) is 7.47. The van der Waals surface area contributed by atoms with Gasteiger partial charge in [0.2, 0.25) is 10.9 Å². The highest BCUT2D eigenvalue weighted by molar-refractivity contribution is 8.03. The van der Waals surface area contributed by atoms with E-state index in [0.29, 0.717) is 30.5 Å². The molecule has 4 N–H and O–H groups in total. The number of Topliss-reactive ketones (excluding diaryl/α,β-unsaturated/α-hetero) is 1. The van der Waals surface area contributed by atoms with Gasteiger partial charge in [-0.2, -0.15) is 13.2 Å². The molecule has 3 aromatic rings. The van der Waals surface area contributed by atoms with Crippen molar-refractivity contribution in [1.82, 2.24) is 16.0 Å². The predicted octanol–water partition coefficient (Wildman–Crippen LogP) is 5.63. The van der Waals surface area contributed by atoms with E-state index in [9.17, 15) is 37.1 Å². The number of carbonyl (C=O) groups excluding carboxylic acids is 3. The molecule has 3 aromatic carbocycles. The van der Waals surface area contributed by atoms with E-state index in [1.54, 1.807) is 20.8 Å². The third-order valence-corrected chi connectivity index (χ3v) is 8.99. The van der Waals surface area contributed by atoms with Crippen LogP contribution in [-0.4, -0.2) is 38.5 Å². The first-order valence-electron chi connectivity index (χ1n) is 13.9. The number of benzene rings is 3. The molecule has 2 unspecified atom stereocenters. The van der Waals surface area contributed by atoms with Gasteiger partial charge in [0.05, 0.1) is 5.56 Å². The van der Waals surface area contributed by atoms with Crippen molar-refractivity contribution in [2.24, 2.45) is 0 Å². The van der Waals surface area contributed by atoms with Crippen molar-refractivity contribution in [3.8, 4) is 5.75 Å². The fourth-order valence-corrected chi connectivity index (χ4v) is 6.68. The number of halogens is 4. The van der Waals surface area contributed by atoms with Crippen LogP contribution in [0.3, 0.4) is 0 Å². The lowest BCUT2D eigenvalue weighted by Crippen LogP contribution is -2.62. The van der Waals surface area contributed by atoms with Gasteiger partial charge >= 0.3 is 6.18 Å². The van der Waals surface area contributed by atoms with Crippen LogP contribution in [0.2, 0.25) is 0 Å². The van der Waals surface area contributed by atoms with Crippen molar-refractivity contribution in [3.05, 3.63) is 100 Å². The summed E-state index contributed by atoms with van der Waals surface area (Å²) in [6.07, 6.45) is -3.68. The summed E-state index contributed by atoms with van der Waals surface area (Å²) in [6.45, 7) is 4.74. The van der Waals surface area contributed by atoms with Crippen molar-refractivity contribution < 1.29 is 37.1 Å². The van der Waals surface area contributed by atoms with E-state index in [0.717, 1.165) is 23.4 Å². The first kappa shape index (κ1) is 33.0. The van der Waals surface area contributed by atoms with Gasteiger partial charge < -0.3 is 15.7 Å². The molecule has 0 bridgehead atoms. The zero-order chi connectivity index (χ0) is 32.3. The Morgan fingerprint density at radius 3 is 2.36 bits per heavy atom. The molecule has 1 aliphatic rings. The second-order valence-electron chi connectivity index (χ2n) is 11.2. The van der Waals surface area contributed by atoms with Crippen LogP contribution < -0.4 is 16.0 Å². The Bertz CT molecular complexity index is 1550.